The maximum Gasteiger partial charge on any atom is 0.302 e. The fourth-order valence-corrected chi connectivity index (χ4v) is 3.51. The Morgan fingerprint density at radius 1 is 0.829 bits per heavy atom. The molecule has 4 rings (SSSR count). The first kappa shape index (κ1) is 25.5. The molecule has 0 fully saturated rings. The molecule has 1 heterocycles. The fraction of sp³-hybridized carbons (Fsp3) is 0.222. The standard InChI is InChI=1S/C23H21N5O2.C4H11N/c1-17(29)25-23(26-19-13-7-3-8-14-19)21(24-18-11-5-2-6-12-18)27-28(22(23)30)20-15-9-4-10-16-20;1-3-5-4-2/h2-16,26H,1H3,(H,24,27)(H,25,29);5H,3-4H2,1-2H3. The van der Waals surface area contributed by atoms with Gasteiger partial charge in [-0.1, -0.05) is 68.4 Å². The van der Waals surface area contributed by atoms with Gasteiger partial charge in [0.25, 0.3) is 5.66 Å². The van der Waals surface area contributed by atoms with Crippen molar-refractivity contribution in [2.45, 2.75) is 26.4 Å². The van der Waals surface area contributed by atoms with Gasteiger partial charge in [-0.2, -0.15) is 5.01 Å². The Bertz CT molecular complexity index is 1120. The molecule has 0 bridgehead atoms. The molecular weight excluding hydrogens is 440 g/mol. The average molecular weight is 473 g/mol. The molecule has 0 aliphatic carbocycles. The van der Waals surface area contributed by atoms with Crippen LogP contribution in [0.2, 0.25) is 0 Å². The van der Waals surface area contributed by atoms with Gasteiger partial charge in [-0.25, -0.2) is 0 Å². The molecule has 4 N–H and O–H groups in total. The van der Waals surface area contributed by atoms with Crippen LogP contribution in [0.4, 0.5) is 17.1 Å². The molecule has 35 heavy (non-hydrogen) atoms. The number of nitrogens with zero attached hydrogens (tertiary/aromatic N) is 2. The monoisotopic (exact) mass is 472 g/mol. The van der Waals surface area contributed by atoms with Crippen molar-refractivity contribution >= 4 is 34.7 Å². The Morgan fingerprint density at radius 2 is 1.34 bits per heavy atom. The minimum atomic E-state index is -1.60. The highest BCUT2D eigenvalue weighted by Crippen LogP contribution is 2.29. The summed E-state index contributed by atoms with van der Waals surface area (Å²) in [4.78, 5) is 25.8. The van der Waals surface area contributed by atoms with Gasteiger partial charge in [-0.15, -0.1) is 5.10 Å². The highest BCUT2D eigenvalue weighted by atomic mass is 16.2. The number of carbonyl (C=O) groups is 2. The van der Waals surface area contributed by atoms with Crippen LogP contribution in [-0.4, -0.2) is 36.4 Å². The lowest BCUT2D eigenvalue weighted by Crippen LogP contribution is -2.66. The molecule has 0 radical (unpaired) electrons. The Balaban J connectivity index is 0.000000623. The van der Waals surface area contributed by atoms with E-state index < -0.39 is 11.6 Å². The zero-order valence-electron chi connectivity index (χ0n) is 20.3. The van der Waals surface area contributed by atoms with Crippen molar-refractivity contribution in [1.82, 2.24) is 10.6 Å². The van der Waals surface area contributed by atoms with Crippen molar-refractivity contribution in [1.29, 1.82) is 0 Å². The molecule has 8 nitrogen and oxygen atoms in total. The number of para-hydroxylation sites is 3. The topological polar surface area (TPSA) is 97.9 Å². The lowest BCUT2D eigenvalue weighted by molar-refractivity contribution is -0.127. The molecule has 1 atom stereocenters. The van der Waals surface area contributed by atoms with Gasteiger partial charge in [0.15, 0.2) is 5.84 Å². The van der Waals surface area contributed by atoms with Crippen LogP contribution in [0, 0.1) is 0 Å². The third kappa shape index (κ3) is 6.45. The summed E-state index contributed by atoms with van der Waals surface area (Å²) in [5, 5.41) is 18.1. The van der Waals surface area contributed by atoms with Crippen LogP contribution in [0.25, 0.3) is 0 Å². The van der Waals surface area contributed by atoms with E-state index in [0.717, 1.165) is 18.8 Å². The lowest BCUT2D eigenvalue weighted by atomic mass is 10.1. The Hall–Kier alpha value is -4.17. The predicted octanol–water partition coefficient (Wildman–Crippen LogP) is 4.02. The normalized spacial score (nSPS) is 16.6. The molecule has 182 valence electrons. The predicted molar refractivity (Wildman–Crippen MR) is 142 cm³/mol. The summed E-state index contributed by atoms with van der Waals surface area (Å²) < 4.78 is 0. The first-order valence-corrected chi connectivity index (χ1v) is 11.6. The molecular formula is C27H32N6O2. The largest absolute Gasteiger partial charge is 0.348 e. The molecule has 0 aromatic heterocycles. The first-order valence-electron chi connectivity index (χ1n) is 11.6. The second-order valence-electron chi connectivity index (χ2n) is 7.77. The fourth-order valence-electron chi connectivity index (χ4n) is 3.51. The maximum atomic E-state index is 13.7. The number of hydrazone groups is 1. The van der Waals surface area contributed by atoms with Crippen LogP contribution < -0.4 is 26.3 Å². The summed E-state index contributed by atoms with van der Waals surface area (Å²) in [5.74, 6) is -0.531. The minimum absolute atomic E-state index is 0.265. The number of hydrogen-bond donors (Lipinski definition) is 4. The van der Waals surface area contributed by atoms with Crippen LogP contribution in [0.1, 0.15) is 20.8 Å². The zero-order chi connectivity index (χ0) is 25.1. The molecule has 1 unspecified atom stereocenters. The summed E-state index contributed by atoms with van der Waals surface area (Å²) in [7, 11) is 0. The maximum absolute atomic E-state index is 13.7. The highest BCUT2D eigenvalue weighted by molar-refractivity contribution is 6.28. The van der Waals surface area contributed by atoms with Gasteiger partial charge in [-0.05, 0) is 49.5 Å². The van der Waals surface area contributed by atoms with E-state index in [0.29, 0.717) is 11.4 Å². The summed E-state index contributed by atoms with van der Waals surface area (Å²) in [6.07, 6.45) is 0. The Kier molecular flexibility index (Phi) is 8.97. The number of amidine groups is 1. The van der Waals surface area contributed by atoms with E-state index in [4.69, 9.17) is 0 Å². The van der Waals surface area contributed by atoms with Gasteiger partial charge in [0.1, 0.15) is 0 Å². The van der Waals surface area contributed by atoms with E-state index in [2.05, 4.69) is 40.2 Å². The number of carbonyl (C=O) groups excluding carboxylic acids is 2. The Morgan fingerprint density at radius 3 is 1.83 bits per heavy atom. The van der Waals surface area contributed by atoms with E-state index in [1.807, 2.05) is 78.9 Å². The number of amides is 2. The third-order valence-corrected chi connectivity index (χ3v) is 5.07. The number of rotatable bonds is 7. The highest BCUT2D eigenvalue weighted by Gasteiger charge is 2.53. The first-order chi connectivity index (χ1) is 17.0. The molecule has 0 spiro atoms. The van der Waals surface area contributed by atoms with Gasteiger partial charge < -0.3 is 21.3 Å². The quantitative estimate of drug-likeness (QED) is 0.390. The van der Waals surface area contributed by atoms with Crippen molar-refractivity contribution in [2.75, 3.05) is 28.7 Å². The zero-order valence-corrected chi connectivity index (χ0v) is 20.3. The van der Waals surface area contributed by atoms with Crippen LogP contribution >= 0.6 is 0 Å². The minimum Gasteiger partial charge on any atom is -0.348 e. The lowest BCUT2D eigenvalue weighted by Gasteiger charge is -2.31. The molecule has 8 heteroatoms. The van der Waals surface area contributed by atoms with Crippen LogP contribution in [0.3, 0.4) is 0 Å². The second-order valence-corrected chi connectivity index (χ2v) is 7.77. The van der Waals surface area contributed by atoms with E-state index in [9.17, 15) is 9.59 Å². The van der Waals surface area contributed by atoms with Crippen molar-refractivity contribution in [3.63, 3.8) is 0 Å². The summed E-state index contributed by atoms with van der Waals surface area (Å²) in [5.41, 5.74) is 0.399. The van der Waals surface area contributed by atoms with Crippen molar-refractivity contribution in [3.8, 4) is 0 Å². The van der Waals surface area contributed by atoms with Gasteiger partial charge in [0.05, 0.1) is 5.69 Å². The van der Waals surface area contributed by atoms with Crippen LogP contribution in [-0.2, 0) is 9.59 Å². The molecule has 0 saturated carbocycles. The van der Waals surface area contributed by atoms with Gasteiger partial charge in [0.2, 0.25) is 5.91 Å². The van der Waals surface area contributed by atoms with Crippen LogP contribution in [0.5, 0.6) is 0 Å². The number of anilines is 3. The number of nitrogens with one attached hydrogen (secondary N) is 4. The van der Waals surface area contributed by atoms with Crippen molar-refractivity contribution in [3.05, 3.63) is 91.0 Å². The van der Waals surface area contributed by atoms with Gasteiger partial charge >= 0.3 is 5.91 Å². The molecule has 3 aromatic rings. The summed E-state index contributed by atoms with van der Waals surface area (Å²) in [6, 6.07) is 27.7. The van der Waals surface area contributed by atoms with E-state index in [1.54, 1.807) is 12.1 Å². The molecule has 1 aliphatic heterocycles. The van der Waals surface area contributed by atoms with Crippen molar-refractivity contribution in [2.24, 2.45) is 5.10 Å². The number of hydrogen-bond acceptors (Lipinski definition) is 6. The second kappa shape index (κ2) is 12.3. The molecule has 1 aliphatic rings. The average Bonchev–Trinajstić information content (AvgIpc) is 3.12. The summed E-state index contributed by atoms with van der Waals surface area (Å²) >= 11 is 0. The molecule has 0 saturated heterocycles. The van der Waals surface area contributed by atoms with E-state index >= 15 is 0 Å². The smallest absolute Gasteiger partial charge is 0.302 e. The summed E-state index contributed by atoms with van der Waals surface area (Å²) in [6.45, 7) is 7.76. The van der Waals surface area contributed by atoms with E-state index in [-0.39, 0.29) is 11.7 Å². The molecule has 2 amide bonds. The number of benzene rings is 3. The Labute approximate surface area is 206 Å². The molecule has 3 aromatic carbocycles. The SMILES string of the molecule is CC(=O)NC1(Nc2ccccc2)C(=O)N(c2ccccc2)N=C1Nc1ccccc1.CCNCC. The van der Waals surface area contributed by atoms with Gasteiger partial charge in [0, 0.05) is 18.3 Å². The van der Waals surface area contributed by atoms with E-state index in [1.165, 1.54) is 11.9 Å². The van der Waals surface area contributed by atoms with Crippen molar-refractivity contribution < 1.29 is 9.59 Å². The van der Waals surface area contributed by atoms with Gasteiger partial charge in [-0.3, -0.25) is 9.59 Å². The van der Waals surface area contributed by atoms with Crippen LogP contribution in [0.15, 0.2) is 96.1 Å². The third-order valence-electron chi connectivity index (χ3n) is 5.07.